The second-order valence-electron chi connectivity index (χ2n) is 4.40. The van der Waals surface area contributed by atoms with E-state index in [2.05, 4.69) is 4.74 Å². The van der Waals surface area contributed by atoms with Crippen LogP contribution in [0.3, 0.4) is 0 Å². The smallest absolute Gasteiger partial charge is 0.352 e. The molecule has 0 aliphatic rings. The molecule has 7 heteroatoms. The third kappa shape index (κ3) is 3.76. The Labute approximate surface area is 93.4 Å². The predicted octanol–water partition coefficient (Wildman–Crippen LogP) is -1.26. The third-order valence-corrected chi connectivity index (χ3v) is 2.09. The number of hydrogen-bond donors (Lipinski definition) is 3. The van der Waals surface area contributed by atoms with Gasteiger partial charge in [-0.05, 0) is 0 Å². The molecule has 0 saturated heterocycles. The molecule has 0 radical (unpaired) electrons. The molecule has 0 saturated carbocycles. The van der Waals surface area contributed by atoms with Crippen molar-refractivity contribution in [1.82, 2.24) is 0 Å². The van der Waals surface area contributed by atoms with Crippen LogP contribution >= 0.6 is 0 Å². The molecular weight excluding hydrogens is 218 g/mol. The number of nitrogens with zero attached hydrogens (tertiary/aromatic N) is 1. The Morgan fingerprint density at radius 3 is 2.00 bits per heavy atom. The first-order valence-corrected chi connectivity index (χ1v) is 4.63. The van der Waals surface area contributed by atoms with Gasteiger partial charge in [0.2, 0.25) is 6.10 Å². The molecule has 0 aliphatic carbocycles. The molecule has 0 aliphatic heterocycles. The fourth-order valence-corrected chi connectivity index (χ4v) is 1.05. The first-order chi connectivity index (χ1) is 6.98. The molecule has 0 amide bonds. The number of quaternary nitrogens is 1. The van der Waals surface area contributed by atoms with Gasteiger partial charge in [0.05, 0.1) is 27.6 Å². The number of esters is 1. The zero-order chi connectivity index (χ0) is 13.1. The summed E-state index contributed by atoms with van der Waals surface area (Å²) in [7, 11) is 4.33. The molecule has 0 aromatic rings. The van der Waals surface area contributed by atoms with Gasteiger partial charge < -0.3 is 20.1 Å². The Kier molecular flexibility index (Phi) is 4.42. The highest BCUT2D eigenvalue weighted by Gasteiger charge is 2.50. The van der Waals surface area contributed by atoms with Crippen molar-refractivity contribution >= 4 is 11.9 Å². The van der Waals surface area contributed by atoms with Crippen LogP contribution in [0.5, 0.6) is 0 Å². The van der Waals surface area contributed by atoms with E-state index < -0.39 is 30.4 Å². The first kappa shape index (κ1) is 14.8. The Morgan fingerprint density at radius 2 is 1.75 bits per heavy atom. The van der Waals surface area contributed by atoms with E-state index in [1.165, 1.54) is 21.1 Å². The average molecular weight is 236 g/mol. The molecule has 94 valence electrons. The van der Waals surface area contributed by atoms with Crippen LogP contribution in [0.2, 0.25) is 0 Å². The molecule has 3 N–H and O–H groups in total. The van der Waals surface area contributed by atoms with E-state index in [1.54, 1.807) is 0 Å². The van der Waals surface area contributed by atoms with Crippen molar-refractivity contribution in [3.05, 3.63) is 0 Å². The van der Waals surface area contributed by atoms with E-state index in [1.807, 2.05) is 0 Å². The van der Waals surface area contributed by atoms with Gasteiger partial charge in [-0.1, -0.05) is 0 Å². The SMILES string of the molecule is CC(=O)OC(CC(=O)O)C(O)(O)[N+](C)(C)C. The maximum absolute atomic E-state index is 10.8. The minimum absolute atomic E-state index is 0.377. The lowest BCUT2D eigenvalue weighted by molar-refractivity contribution is -0.983. The summed E-state index contributed by atoms with van der Waals surface area (Å²) in [4.78, 5) is 21.3. The number of aliphatic carboxylic acids is 1. The third-order valence-electron chi connectivity index (χ3n) is 2.09. The summed E-state index contributed by atoms with van der Waals surface area (Å²) in [5, 5.41) is 28.2. The van der Waals surface area contributed by atoms with Crippen molar-refractivity contribution in [3.8, 4) is 0 Å². The summed E-state index contributed by atoms with van der Waals surface area (Å²) < 4.78 is 4.24. The van der Waals surface area contributed by atoms with Crippen LogP contribution in [0.4, 0.5) is 0 Å². The summed E-state index contributed by atoms with van der Waals surface area (Å²) in [6.45, 7) is 1.07. The Hall–Kier alpha value is -1.18. The van der Waals surface area contributed by atoms with Crippen LogP contribution in [0.1, 0.15) is 13.3 Å². The van der Waals surface area contributed by atoms with Crippen molar-refractivity contribution in [3.63, 3.8) is 0 Å². The van der Waals surface area contributed by atoms with Gasteiger partial charge in [0.25, 0.3) is 0 Å². The summed E-state index contributed by atoms with van der Waals surface area (Å²) in [5.74, 6) is -4.52. The maximum atomic E-state index is 10.8. The van der Waals surface area contributed by atoms with Crippen LogP contribution in [0, 0.1) is 0 Å². The van der Waals surface area contributed by atoms with Crippen molar-refractivity contribution in [2.45, 2.75) is 25.4 Å². The molecule has 0 aromatic carbocycles. The van der Waals surface area contributed by atoms with E-state index in [-0.39, 0.29) is 4.48 Å². The summed E-state index contributed by atoms with van der Waals surface area (Å²) in [5.41, 5.74) is 0. The van der Waals surface area contributed by atoms with E-state index in [9.17, 15) is 19.8 Å². The van der Waals surface area contributed by atoms with Crippen molar-refractivity contribution in [1.29, 1.82) is 0 Å². The number of aliphatic hydroxyl groups is 2. The molecule has 0 heterocycles. The number of carboxylic acid groups (broad SMARTS) is 1. The van der Waals surface area contributed by atoms with Crippen molar-refractivity contribution in [2.24, 2.45) is 0 Å². The summed E-state index contributed by atoms with van der Waals surface area (Å²) in [6.07, 6.45) is -2.20. The number of carbonyl (C=O) groups excluding carboxylic acids is 1. The van der Waals surface area contributed by atoms with Crippen molar-refractivity contribution < 1.29 is 34.1 Å². The first-order valence-electron chi connectivity index (χ1n) is 4.63. The van der Waals surface area contributed by atoms with Gasteiger partial charge >= 0.3 is 17.8 Å². The van der Waals surface area contributed by atoms with Crippen LogP contribution in [0.15, 0.2) is 0 Å². The van der Waals surface area contributed by atoms with E-state index in [4.69, 9.17) is 5.11 Å². The van der Waals surface area contributed by atoms with Gasteiger partial charge in [-0.2, -0.15) is 0 Å². The van der Waals surface area contributed by atoms with Gasteiger partial charge in [-0.3, -0.25) is 14.1 Å². The minimum Gasteiger partial charge on any atom is -0.481 e. The van der Waals surface area contributed by atoms with Gasteiger partial charge in [-0.15, -0.1) is 0 Å². The summed E-state index contributed by atoms with van der Waals surface area (Å²) >= 11 is 0. The lowest BCUT2D eigenvalue weighted by atomic mass is 10.1. The molecule has 0 spiro atoms. The molecule has 16 heavy (non-hydrogen) atoms. The van der Waals surface area contributed by atoms with Crippen LogP contribution in [-0.4, -0.2) is 64.9 Å². The van der Waals surface area contributed by atoms with E-state index in [0.29, 0.717) is 0 Å². The standard InChI is InChI=1S/C9H17NO6/c1-6(11)16-7(5-8(12)13)9(14,15)10(2,3)4/h7,14-15H,5H2,1-4H3/p+1. The molecule has 0 bridgehead atoms. The predicted molar refractivity (Wildman–Crippen MR) is 53.0 cm³/mol. The van der Waals surface area contributed by atoms with Crippen LogP contribution < -0.4 is 0 Å². The molecule has 1 unspecified atom stereocenters. The Morgan fingerprint density at radius 1 is 1.31 bits per heavy atom. The monoisotopic (exact) mass is 236 g/mol. The number of rotatable bonds is 5. The van der Waals surface area contributed by atoms with Gasteiger partial charge in [0.1, 0.15) is 0 Å². The largest absolute Gasteiger partial charge is 0.481 e. The van der Waals surface area contributed by atoms with E-state index in [0.717, 1.165) is 6.92 Å². The zero-order valence-electron chi connectivity index (χ0n) is 9.80. The van der Waals surface area contributed by atoms with Gasteiger partial charge in [-0.25, -0.2) is 0 Å². The highest BCUT2D eigenvalue weighted by Crippen LogP contribution is 2.22. The second-order valence-corrected chi connectivity index (χ2v) is 4.40. The lowest BCUT2D eigenvalue weighted by Gasteiger charge is -2.40. The van der Waals surface area contributed by atoms with Gasteiger partial charge in [0.15, 0.2) is 0 Å². The number of ether oxygens (including phenoxy) is 1. The van der Waals surface area contributed by atoms with Crippen LogP contribution in [-0.2, 0) is 14.3 Å². The Bertz CT molecular complexity index is 264. The van der Waals surface area contributed by atoms with Gasteiger partial charge in [0, 0.05) is 6.92 Å². The maximum Gasteiger partial charge on any atom is 0.352 e. The topological polar surface area (TPSA) is 104 Å². The lowest BCUT2D eigenvalue weighted by Crippen LogP contribution is -2.65. The molecule has 0 rings (SSSR count). The van der Waals surface area contributed by atoms with Crippen molar-refractivity contribution in [2.75, 3.05) is 21.1 Å². The molecular formula is C9H18NO6+. The second kappa shape index (κ2) is 4.77. The molecule has 1 atom stereocenters. The molecule has 0 aromatic heterocycles. The number of likely N-dealkylation sites (N-methyl/N-ethyl adjacent to an activating group) is 1. The normalized spacial score (nSPS) is 14.4. The molecule has 0 fully saturated rings. The zero-order valence-corrected chi connectivity index (χ0v) is 9.80. The van der Waals surface area contributed by atoms with Crippen LogP contribution in [0.25, 0.3) is 0 Å². The number of carbonyl (C=O) groups is 2. The fraction of sp³-hybridized carbons (Fsp3) is 0.778. The fourth-order valence-electron chi connectivity index (χ4n) is 1.05. The average Bonchev–Trinajstić information content (AvgIpc) is 1.98. The minimum atomic E-state index is -2.47. The highest BCUT2D eigenvalue weighted by atomic mass is 16.6. The number of carboxylic acids is 1. The molecule has 7 nitrogen and oxygen atoms in total. The Balaban J connectivity index is 5.01. The highest BCUT2D eigenvalue weighted by molar-refractivity contribution is 5.69. The quantitative estimate of drug-likeness (QED) is 0.312. The van der Waals surface area contributed by atoms with E-state index >= 15 is 0 Å². The summed E-state index contributed by atoms with van der Waals surface area (Å²) in [6, 6.07) is 0. The number of hydrogen-bond acceptors (Lipinski definition) is 5.